The van der Waals surface area contributed by atoms with E-state index in [1.165, 1.54) is 0 Å². The number of nitrogens with zero attached hydrogens (tertiary/aromatic N) is 1. The summed E-state index contributed by atoms with van der Waals surface area (Å²) in [6.07, 6.45) is -1.84. The molecule has 10 nitrogen and oxygen atoms in total. The number of nitrogens with two attached hydrogens (primary N) is 1. The van der Waals surface area contributed by atoms with E-state index < -0.39 is 18.1 Å². The molecule has 2 aromatic carbocycles. The van der Waals surface area contributed by atoms with Gasteiger partial charge in [-0.2, -0.15) is 0 Å². The first-order valence-electron chi connectivity index (χ1n) is 9.34. The third-order valence-corrected chi connectivity index (χ3v) is 4.33. The molecule has 0 heterocycles. The number of benzene rings is 2. The molecule has 0 aliphatic rings. The van der Waals surface area contributed by atoms with Crippen LogP contribution >= 0.6 is 12.4 Å². The van der Waals surface area contributed by atoms with Crippen molar-refractivity contribution in [3.8, 4) is 5.75 Å². The van der Waals surface area contributed by atoms with Gasteiger partial charge < -0.3 is 26.0 Å². The molecule has 0 bridgehead atoms. The molecule has 0 radical (unpaired) electrons. The first kappa shape index (κ1) is 26.4. The molecular weight excluding hydrogens is 442 g/mol. The van der Waals surface area contributed by atoms with Crippen molar-refractivity contribution in [3.63, 3.8) is 0 Å². The predicted molar refractivity (Wildman–Crippen MR) is 117 cm³/mol. The number of carbonyl (C=O) groups is 4. The van der Waals surface area contributed by atoms with Crippen molar-refractivity contribution in [1.29, 1.82) is 0 Å². The van der Waals surface area contributed by atoms with E-state index in [0.29, 0.717) is 30.0 Å². The molecule has 172 valence electrons. The summed E-state index contributed by atoms with van der Waals surface area (Å²) in [5.41, 5.74) is 7.16. The molecule has 0 spiro atoms. The normalized spacial score (nSPS) is 10.9. The van der Waals surface area contributed by atoms with Crippen LogP contribution in [0.15, 0.2) is 48.5 Å². The summed E-state index contributed by atoms with van der Waals surface area (Å²) >= 11 is 0. The Kier molecular flexibility index (Phi) is 10.7. The van der Waals surface area contributed by atoms with Gasteiger partial charge in [0.2, 0.25) is 6.41 Å². The number of ether oxygens (including phenoxy) is 1. The molecule has 0 unspecified atom stereocenters. The Morgan fingerprint density at radius 3 is 2.34 bits per heavy atom. The fourth-order valence-corrected chi connectivity index (χ4v) is 2.76. The van der Waals surface area contributed by atoms with Gasteiger partial charge in [-0.1, -0.05) is 24.3 Å². The van der Waals surface area contributed by atoms with E-state index in [4.69, 9.17) is 15.6 Å². The maximum Gasteiger partial charge on any atom is 0.414 e. The van der Waals surface area contributed by atoms with Crippen molar-refractivity contribution in [2.24, 2.45) is 5.73 Å². The maximum absolute atomic E-state index is 12.0. The lowest BCUT2D eigenvalue weighted by Crippen LogP contribution is -2.44. The van der Waals surface area contributed by atoms with Gasteiger partial charge in [-0.25, -0.2) is 14.5 Å². The molecular formula is C21H24ClN3O7. The number of rotatable bonds is 11. The zero-order chi connectivity index (χ0) is 22.8. The predicted octanol–water partition coefficient (Wildman–Crippen LogP) is 1.51. The molecule has 2 aromatic rings. The summed E-state index contributed by atoms with van der Waals surface area (Å²) in [6.45, 7) is 0.931. The van der Waals surface area contributed by atoms with E-state index in [9.17, 15) is 24.3 Å². The van der Waals surface area contributed by atoms with Crippen LogP contribution in [0.2, 0.25) is 0 Å². The molecule has 1 atom stereocenters. The number of carboxylic acid groups (broad SMARTS) is 2. The average Bonchev–Trinajstić information content (AvgIpc) is 2.76. The number of amides is 3. The Balaban J connectivity index is 0.00000512. The lowest BCUT2D eigenvalue weighted by Gasteiger charge is -2.20. The van der Waals surface area contributed by atoms with Gasteiger partial charge in [0.1, 0.15) is 18.4 Å². The van der Waals surface area contributed by atoms with Crippen molar-refractivity contribution in [3.05, 3.63) is 65.2 Å². The topological polar surface area (TPSA) is 159 Å². The number of hydrogen-bond acceptors (Lipinski definition) is 6. The Hall–Kier alpha value is -3.63. The SMILES string of the molecule is Cl.NCCNC(=O)c1cccc(COc2ccc(C[C@H](C(=O)O)N(C=O)C(=O)O)cc2)c1. The summed E-state index contributed by atoms with van der Waals surface area (Å²) < 4.78 is 5.69. The van der Waals surface area contributed by atoms with Crippen LogP contribution in [0.1, 0.15) is 21.5 Å². The van der Waals surface area contributed by atoms with Crippen molar-refractivity contribution in [1.82, 2.24) is 10.2 Å². The van der Waals surface area contributed by atoms with Crippen molar-refractivity contribution in [2.75, 3.05) is 13.1 Å². The van der Waals surface area contributed by atoms with Gasteiger partial charge in [0, 0.05) is 25.1 Å². The van der Waals surface area contributed by atoms with Crippen LogP contribution in [-0.2, 0) is 22.6 Å². The first-order chi connectivity index (χ1) is 14.8. The van der Waals surface area contributed by atoms with Gasteiger partial charge in [-0.15, -0.1) is 12.4 Å². The number of hydrogen-bond donors (Lipinski definition) is 4. The van der Waals surface area contributed by atoms with Gasteiger partial charge in [0.15, 0.2) is 0 Å². The second kappa shape index (κ2) is 12.9. The fraction of sp³-hybridized carbons (Fsp3) is 0.238. The van der Waals surface area contributed by atoms with E-state index in [2.05, 4.69) is 5.32 Å². The minimum atomic E-state index is -1.64. The summed E-state index contributed by atoms with van der Waals surface area (Å²) in [7, 11) is 0. The average molecular weight is 466 g/mol. The highest BCUT2D eigenvalue weighted by atomic mass is 35.5. The van der Waals surface area contributed by atoms with E-state index in [0.717, 1.165) is 5.56 Å². The second-order valence-corrected chi connectivity index (χ2v) is 6.53. The van der Waals surface area contributed by atoms with Gasteiger partial charge in [-0.05, 0) is 35.4 Å². The number of aliphatic carboxylic acids is 1. The number of nitrogens with one attached hydrogen (secondary N) is 1. The molecule has 5 N–H and O–H groups in total. The van der Waals surface area contributed by atoms with Gasteiger partial charge in [0.05, 0.1) is 0 Å². The molecule has 0 saturated carbocycles. The van der Waals surface area contributed by atoms with Crippen LogP contribution in [0.5, 0.6) is 5.75 Å². The quantitative estimate of drug-likeness (QED) is 0.363. The Morgan fingerprint density at radius 2 is 1.78 bits per heavy atom. The molecule has 11 heteroatoms. The maximum atomic E-state index is 12.0. The van der Waals surface area contributed by atoms with Crippen LogP contribution in [-0.4, -0.2) is 58.6 Å². The molecule has 0 fully saturated rings. The van der Waals surface area contributed by atoms with Crippen molar-refractivity contribution >= 4 is 36.8 Å². The minimum Gasteiger partial charge on any atom is -0.489 e. The third-order valence-electron chi connectivity index (χ3n) is 4.33. The molecule has 2 rings (SSSR count). The number of imide groups is 1. The Labute approximate surface area is 190 Å². The lowest BCUT2D eigenvalue weighted by atomic mass is 10.1. The third kappa shape index (κ3) is 7.56. The highest BCUT2D eigenvalue weighted by molar-refractivity contribution is 5.94. The monoisotopic (exact) mass is 465 g/mol. The van der Waals surface area contributed by atoms with Crippen molar-refractivity contribution < 1.29 is 34.1 Å². The van der Waals surface area contributed by atoms with Crippen LogP contribution in [0, 0.1) is 0 Å². The minimum absolute atomic E-state index is 0. The summed E-state index contributed by atoms with van der Waals surface area (Å²) in [4.78, 5) is 45.5. The highest BCUT2D eigenvalue weighted by Gasteiger charge is 2.29. The highest BCUT2D eigenvalue weighted by Crippen LogP contribution is 2.17. The van der Waals surface area contributed by atoms with Crippen LogP contribution in [0.3, 0.4) is 0 Å². The zero-order valence-corrected chi connectivity index (χ0v) is 17.8. The van der Waals surface area contributed by atoms with E-state index in [1.54, 1.807) is 42.5 Å². The fourth-order valence-electron chi connectivity index (χ4n) is 2.76. The van der Waals surface area contributed by atoms with Gasteiger partial charge in [0.25, 0.3) is 5.91 Å². The van der Waals surface area contributed by atoms with E-state index in [1.807, 2.05) is 6.07 Å². The number of halogens is 1. The summed E-state index contributed by atoms with van der Waals surface area (Å²) in [6, 6.07) is 11.8. The molecule has 0 saturated heterocycles. The summed E-state index contributed by atoms with van der Waals surface area (Å²) in [5.74, 6) is -1.15. The molecule has 3 amide bonds. The molecule has 0 aliphatic carbocycles. The largest absolute Gasteiger partial charge is 0.489 e. The first-order valence-corrected chi connectivity index (χ1v) is 9.34. The Bertz CT molecular complexity index is 937. The number of carboxylic acids is 1. The Morgan fingerprint density at radius 1 is 1.09 bits per heavy atom. The van der Waals surface area contributed by atoms with Gasteiger partial charge >= 0.3 is 12.1 Å². The molecule has 0 aliphatic heterocycles. The van der Waals surface area contributed by atoms with Crippen LogP contribution in [0.25, 0.3) is 0 Å². The lowest BCUT2D eigenvalue weighted by molar-refractivity contribution is -0.145. The van der Waals surface area contributed by atoms with Gasteiger partial charge in [-0.3, -0.25) is 9.59 Å². The second-order valence-electron chi connectivity index (χ2n) is 6.53. The molecule has 0 aromatic heterocycles. The zero-order valence-electron chi connectivity index (χ0n) is 17.0. The van der Waals surface area contributed by atoms with E-state index >= 15 is 0 Å². The smallest absolute Gasteiger partial charge is 0.414 e. The van der Waals surface area contributed by atoms with Crippen molar-refractivity contribution in [2.45, 2.75) is 19.1 Å². The van der Waals surface area contributed by atoms with E-state index in [-0.39, 0.29) is 42.7 Å². The van der Waals surface area contributed by atoms with Crippen LogP contribution < -0.4 is 15.8 Å². The van der Waals surface area contributed by atoms with Crippen LogP contribution in [0.4, 0.5) is 4.79 Å². The molecule has 32 heavy (non-hydrogen) atoms. The summed E-state index contributed by atoms with van der Waals surface area (Å²) in [5, 5.41) is 20.9. The standard InChI is InChI=1S/C21H23N3O7.ClH/c22-8-9-23-19(26)16-3-1-2-15(10-16)12-31-17-6-4-14(5-7-17)11-18(20(27)28)24(13-25)21(29)30;/h1-7,10,13,18H,8-9,11-12,22H2,(H,23,26)(H,27,28)(H,29,30);1H/t18-;/m1./s1. The number of carbonyl (C=O) groups excluding carboxylic acids is 2.